The molecule has 5 atom stereocenters. The largest absolute Gasteiger partial charge is 0.455 e. The van der Waals surface area contributed by atoms with E-state index in [2.05, 4.69) is 27.4 Å². The maximum Gasteiger partial charge on any atom is 0.303 e. The lowest BCUT2D eigenvalue weighted by Crippen LogP contribution is -2.53. The minimum absolute atomic E-state index is 0.0693. The molecule has 0 aromatic rings. The fourth-order valence-electron chi connectivity index (χ4n) is 4.92. The van der Waals surface area contributed by atoms with Gasteiger partial charge in [-0.3, -0.25) is 4.79 Å². The molecule has 2 N–H and O–H groups in total. The van der Waals surface area contributed by atoms with E-state index < -0.39 is 17.8 Å². The molecular weight excluding hydrogens is 328 g/mol. The summed E-state index contributed by atoms with van der Waals surface area (Å²) in [4.78, 5) is 11.7. The number of rotatable bonds is 5. The van der Waals surface area contributed by atoms with Crippen molar-refractivity contribution in [3.63, 3.8) is 0 Å². The summed E-state index contributed by atoms with van der Waals surface area (Å²) in [5.41, 5.74) is 1.14. The smallest absolute Gasteiger partial charge is 0.303 e. The number of carbonyl (C=O) groups is 1. The third-order valence-corrected chi connectivity index (χ3v) is 6.97. The van der Waals surface area contributed by atoms with E-state index in [-0.39, 0.29) is 22.7 Å². The maximum absolute atomic E-state index is 11.7. The van der Waals surface area contributed by atoms with E-state index in [1.807, 2.05) is 6.92 Å². The summed E-state index contributed by atoms with van der Waals surface area (Å²) >= 11 is 0. The third kappa shape index (κ3) is 3.77. The van der Waals surface area contributed by atoms with E-state index in [0.29, 0.717) is 6.42 Å². The standard InChI is InChI=1S/C22H36O4/c1-8-21(6,25)12-13-22(7)14(2)18(24)19(26-15(3)23)17-16(22)10-9-11-20(17,4)5/h8,14,18-19,24-25H,1,9-13H2,2-7H3/t14-,18-,19+,21?,22-/m0/s1. The van der Waals surface area contributed by atoms with Gasteiger partial charge in [-0.1, -0.05) is 39.3 Å². The summed E-state index contributed by atoms with van der Waals surface area (Å²) in [6, 6.07) is 0. The molecule has 0 heterocycles. The normalized spacial score (nSPS) is 36.1. The molecule has 4 nitrogen and oxygen atoms in total. The average molecular weight is 365 g/mol. The summed E-state index contributed by atoms with van der Waals surface area (Å²) in [7, 11) is 0. The first-order valence-electron chi connectivity index (χ1n) is 9.81. The SMILES string of the molecule is C=CC(C)(O)CC[C@]1(C)C2=C([C@@H](OC(C)=O)[C@@H](O)[C@@H]1C)C(C)(C)CCC2. The highest BCUT2D eigenvalue weighted by Crippen LogP contribution is 2.57. The fraction of sp³-hybridized carbons (Fsp3) is 0.773. The molecule has 0 bridgehead atoms. The van der Waals surface area contributed by atoms with Crippen LogP contribution in [0.3, 0.4) is 0 Å². The zero-order valence-electron chi connectivity index (χ0n) is 17.3. The Morgan fingerprint density at radius 3 is 2.58 bits per heavy atom. The molecule has 1 unspecified atom stereocenters. The van der Waals surface area contributed by atoms with Gasteiger partial charge in [-0.2, -0.15) is 0 Å². The van der Waals surface area contributed by atoms with Crippen LogP contribution in [0.1, 0.15) is 73.6 Å². The Morgan fingerprint density at radius 1 is 1.42 bits per heavy atom. The van der Waals surface area contributed by atoms with Crippen LogP contribution < -0.4 is 0 Å². The number of esters is 1. The molecule has 148 valence electrons. The van der Waals surface area contributed by atoms with Crippen LogP contribution >= 0.6 is 0 Å². The van der Waals surface area contributed by atoms with Crippen LogP contribution in [0.25, 0.3) is 0 Å². The molecule has 26 heavy (non-hydrogen) atoms. The van der Waals surface area contributed by atoms with E-state index in [0.717, 1.165) is 31.3 Å². The summed E-state index contributed by atoms with van der Waals surface area (Å²) in [6.45, 7) is 15.5. The quantitative estimate of drug-likeness (QED) is 0.568. The molecule has 0 aromatic carbocycles. The van der Waals surface area contributed by atoms with Crippen LogP contribution in [0.2, 0.25) is 0 Å². The number of aliphatic hydroxyl groups excluding tert-OH is 1. The van der Waals surface area contributed by atoms with Crippen molar-refractivity contribution in [2.75, 3.05) is 0 Å². The molecule has 0 aliphatic heterocycles. The zero-order chi connectivity index (χ0) is 19.9. The van der Waals surface area contributed by atoms with Crippen molar-refractivity contribution in [2.24, 2.45) is 16.7 Å². The number of hydrogen-bond donors (Lipinski definition) is 2. The summed E-state index contributed by atoms with van der Waals surface area (Å²) in [6.07, 6.45) is 4.68. The topological polar surface area (TPSA) is 66.8 Å². The summed E-state index contributed by atoms with van der Waals surface area (Å²) in [5, 5.41) is 21.5. The lowest BCUT2D eigenvalue weighted by Gasteiger charge is -2.54. The first-order chi connectivity index (χ1) is 11.9. The molecule has 2 rings (SSSR count). The van der Waals surface area contributed by atoms with Crippen LogP contribution in [-0.4, -0.2) is 34.0 Å². The number of carbonyl (C=O) groups excluding carboxylic acids is 1. The number of aliphatic hydroxyl groups is 2. The van der Waals surface area contributed by atoms with E-state index in [4.69, 9.17) is 4.74 Å². The lowest BCUT2D eigenvalue weighted by molar-refractivity contribution is -0.156. The number of hydrogen-bond acceptors (Lipinski definition) is 4. The van der Waals surface area contributed by atoms with Gasteiger partial charge in [-0.25, -0.2) is 0 Å². The predicted molar refractivity (Wildman–Crippen MR) is 104 cm³/mol. The van der Waals surface area contributed by atoms with Crippen LogP contribution in [0.15, 0.2) is 23.8 Å². The fourth-order valence-corrected chi connectivity index (χ4v) is 4.92. The van der Waals surface area contributed by atoms with Crippen LogP contribution in [0.5, 0.6) is 0 Å². The lowest BCUT2D eigenvalue weighted by atomic mass is 9.53. The van der Waals surface area contributed by atoms with Crippen LogP contribution in [0, 0.1) is 16.7 Å². The average Bonchev–Trinajstić information content (AvgIpc) is 2.54. The molecule has 0 fully saturated rings. The molecule has 0 spiro atoms. The van der Waals surface area contributed by atoms with Gasteiger partial charge in [0.1, 0.15) is 6.10 Å². The van der Waals surface area contributed by atoms with Gasteiger partial charge in [0.2, 0.25) is 0 Å². The van der Waals surface area contributed by atoms with Gasteiger partial charge < -0.3 is 14.9 Å². The van der Waals surface area contributed by atoms with Gasteiger partial charge in [-0.15, -0.1) is 6.58 Å². The van der Waals surface area contributed by atoms with Gasteiger partial charge in [0.05, 0.1) is 11.7 Å². The van der Waals surface area contributed by atoms with Crippen molar-refractivity contribution in [1.82, 2.24) is 0 Å². The van der Waals surface area contributed by atoms with E-state index in [1.165, 1.54) is 12.5 Å². The minimum Gasteiger partial charge on any atom is -0.455 e. The van der Waals surface area contributed by atoms with Gasteiger partial charge in [0.25, 0.3) is 0 Å². The van der Waals surface area contributed by atoms with Gasteiger partial charge in [-0.05, 0) is 61.3 Å². The van der Waals surface area contributed by atoms with E-state index >= 15 is 0 Å². The van der Waals surface area contributed by atoms with Crippen LogP contribution in [0.4, 0.5) is 0 Å². The highest BCUT2D eigenvalue weighted by atomic mass is 16.6. The van der Waals surface area contributed by atoms with Crippen molar-refractivity contribution in [2.45, 2.75) is 91.5 Å². The predicted octanol–water partition coefficient (Wildman–Crippen LogP) is 4.16. The third-order valence-electron chi connectivity index (χ3n) is 6.97. The molecule has 0 saturated heterocycles. The van der Waals surface area contributed by atoms with Gasteiger partial charge in [0.15, 0.2) is 0 Å². The molecule has 0 saturated carbocycles. The molecular formula is C22H36O4. The first-order valence-corrected chi connectivity index (χ1v) is 9.81. The minimum atomic E-state index is -0.925. The van der Waals surface area contributed by atoms with Crippen molar-refractivity contribution < 1.29 is 19.7 Å². The van der Waals surface area contributed by atoms with Crippen molar-refractivity contribution in [3.8, 4) is 0 Å². The molecule has 0 radical (unpaired) electrons. The Morgan fingerprint density at radius 2 is 2.04 bits per heavy atom. The monoisotopic (exact) mass is 364 g/mol. The summed E-state index contributed by atoms with van der Waals surface area (Å²) in [5.74, 6) is -0.423. The number of ether oxygens (including phenoxy) is 1. The maximum atomic E-state index is 11.7. The Hall–Kier alpha value is -1.13. The zero-order valence-corrected chi connectivity index (χ0v) is 17.3. The molecule has 0 aromatic heterocycles. The first kappa shape index (κ1) is 21.2. The van der Waals surface area contributed by atoms with Crippen LogP contribution in [-0.2, 0) is 9.53 Å². The van der Waals surface area contributed by atoms with E-state index in [9.17, 15) is 15.0 Å². The highest BCUT2D eigenvalue weighted by Gasteiger charge is 2.53. The second-order valence-electron chi connectivity index (χ2n) is 9.42. The van der Waals surface area contributed by atoms with Crippen molar-refractivity contribution in [1.29, 1.82) is 0 Å². The van der Waals surface area contributed by atoms with Crippen molar-refractivity contribution >= 4 is 5.97 Å². The molecule has 4 heteroatoms. The van der Waals surface area contributed by atoms with Gasteiger partial charge in [0, 0.05) is 6.92 Å². The second kappa shape index (κ2) is 7.12. The Labute approximate surface area is 158 Å². The second-order valence-corrected chi connectivity index (χ2v) is 9.42. The Bertz CT molecular complexity index is 601. The highest BCUT2D eigenvalue weighted by molar-refractivity contribution is 5.67. The number of allylic oxidation sites excluding steroid dienone is 1. The molecule has 2 aliphatic carbocycles. The van der Waals surface area contributed by atoms with Crippen molar-refractivity contribution in [3.05, 3.63) is 23.8 Å². The Kier molecular flexibility index (Phi) is 5.80. The summed E-state index contributed by atoms with van der Waals surface area (Å²) < 4.78 is 5.63. The molecule has 0 amide bonds. The Balaban J connectivity index is 2.54. The van der Waals surface area contributed by atoms with Gasteiger partial charge >= 0.3 is 5.97 Å². The van der Waals surface area contributed by atoms with E-state index in [1.54, 1.807) is 13.0 Å². The molecule has 2 aliphatic rings.